The first-order chi connectivity index (χ1) is 10.2. The average molecular weight is 296 g/mol. The highest BCUT2D eigenvalue weighted by Crippen LogP contribution is 2.29. The fraction of sp³-hybridized carbons (Fsp3) is 0.278. The van der Waals surface area contributed by atoms with E-state index in [0.29, 0.717) is 12.5 Å². The molecule has 0 spiro atoms. The van der Waals surface area contributed by atoms with Gasteiger partial charge in [0.05, 0.1) is 15.2 Å². The van der Waals surface area contributed by atoms with E-state index in [1.54, 1.807) is 11.3 Å². The van der Waals surface area contributed by atoms with E-state index < -0.39 is 0 Å². The van der Waals surface area contributed by atoms with Crippen LogP contribution in [0.4, 0.5) is 0 Å². The molecule has 3 heteroatoms. The molecule has 0 aliphatic carbocycles. The Morgan fingerprint density at radius 1 is 1.10 bits per heavy atom. The van der Waals surface area contributed by atoms with Crippen LogP contribution in [0.25, 0.3) is 10.2 Å². The van der Waals surface area contributed by atoms with Crippen LogP contribution in [0.2, 0.25) is 0 Å². The number of rotatable bonds is 4. The van der Waals surface area contributed by atoms with Gasteiger partial charge in [0.25, 0.3) is 0 Å². The van der Waals surface area contributed by atoms with Crippen LogP contribution in [-0.2, 0) is 6.42 Å². The molecule has 0 saturated heterocycles. The lowest BCUT2D eigenvalue weighted by molar-refractivity contribution is 0.690. The zero-order valence-corrected chi connectivity index (χ0v) is 13.3. The number of nitrogens with two attached hydrogens (primary N) is 1. The lowest BCUT2D eigenvalue weighted by atomic mass is 9.97. The van der Waals surface area contributed by atoms with Gasteiger partial charge in [-0.3, -0.25) is 0 Å². The predicted molar refractivity (Wildman–Crippen MR) is 91.0 cm³/mol. The number of fused-ring (bicyclic) bond motifs is 1. The van der Waals surface area contributed by atoms with Gasteiger partial charge in [-0.05, 0) is 38.0 Å². The Bertz CT molecular complexity index is 708. The third-order valence-corrected chi connectivity index (χ3v) is 4.91. The lowest BCUT2D eigenvalue weighted by Gasteiger charge is -2.13. The first-order valence-corrected chi connectivity index (χ1v) is 8.10. The van der Waals surface area contributed by atoms with Gasteiger partial charge in [-0.2, -0.15) is 0 Å². The lowest BCUT2D eigenvalue weighted by Crippen LogP contribution is -2.15. The minimum Gasteiger partial charge on any atom is -0.330 e. The molecule has 2 nitrogen and oxygen atoms in total. The molecule has 0 fully saturated rings. The van der Waals surface area contributed by atoms with Gasteiger partial charge >= 0.3 is 0 Å². The Labute approximate surface area is 129 Å². The molecule has 0 aliphatic heterocycles. The second-order valence-corrected chi connectivity index (χ2v) is 6.71. The summed E-state index contributed by atoms with van der Waals surface area (Å²) in [5, 5.41) is 1.15. The molecule has 0 amide bonds. The van der Waals surface area contributed by atoms with Crippen molar-refractivity contribution in [3.05, 3.63) is 64.2 Å². The van der Waals surface area contributed by atoms with Crippen molar-refractivity contribution in [2.45, 2.75) is 26.2 Å². The number of benzene rings is 2. The summed E-state index contributed by atoms with van der Waals surface area (Å²) in [6.07, 6.45) is 0.957. The van der Waals surface area contributed by atoms with Gasteiger partial charge in [-0.1, -0.05) is 41.5 Å². The predicted octanol–water partition coefficient (Wildman–Crippen LogP) is 4.20. The van der Waals surface area contributed by atoms with E-state index in [4.69, 9.17) is 10.7 Å². The molecule has 1 unspecified atom stereocenters. The first-order valence-electron chi connectivity index (χ1n) is 7.28. The van der Waals surface area contributed by atoms with Crippen molar-refractivity contribution < 1.29 is 0 Å². The van der Waals surface area contributed by atoms with Crippen molar-refractivity contribution in [2.24, 2.45) is 5.73 Å². The van der Waals surface area contributed by atoms with Crippen molar-refractivity contribution >= 4 is 21.6 Å². The van der Waals surface area contributed by atoms with Crippen molar-refractivity contribution in [2.75, 3.05) is 6.54 Å². The van der Waals surface area contributed by atoms with Crippen molar-refractivity contribution in [1.82, 2.24) is 4.98 Å². The standard InChI is InChI=1S/C18H20N2S/c1-12-7-13(2)9-14(8-12)10-15(11-19)18-20-16-5-3-4-6-17(16)21-18/h3-9,15H,10-11,19H2,1-2H3. The smallest absolute Gasteiger partial charge is 0.0985 e. The summed E-state index contributed by atoms with van der Waals surface area (Å²) in [7, 11) is 0. The van der Waals surface area contributed by atoms with E-state index in [-0.39, 0.29) is 0 Å². The van der Waals surface area contributed by atoms with Crippen molar-refractivity contribution in [3.8, 4) is 0 Å². The summed E-state index contributed by atoms with van der Waals surface area (Å²) in [6, 6.07) is 15.0. The highest BCUT2D eigenvalue weighted by molar-refractivity contribution is 7.18. The van der Waals surface area contributed by atoms with E-state index in [2.05, 4.69) is 50.2 Å². The Balaban J connectivity index is 1.90. The normalized spacial score (nSPS) is 12.7. The van der Waals surface area contributed by atoms with Crippen molar-refractivity contribution in [1.29, 1.82) is 0 Å². The van der Waals surface area contributed by atoms with Gasteiger partial charge in [-0.15, -0.1) is 11.3 Å². The first kappa shape index (κ1) is 14.2. The monoisotopic (exact) mass is 296 g/mol. The molecular formula is C18H20N2S. The number of nitrogens with zero attached hydrogens (tertiary/aromatic N) is 1. The summed E-state index contributed by atoms with van der Waals surface area (Å²) in [6.45, 7) is 4.92. The SMILES string of the molecule is Cc1cc(C)cc(CC(CN)c2nc3ccccc3s2)c1. The molecule has 1 aromatic heterocycles. The number of hydrogen-bond donors (Lipinski definition) is 1. The molecule has 1 heterocycles. The van der Waals surface area contributed by atoms with E-state index in [1.165, 1.54) is 21.4 Å². The molecule has 3 aromatic rings. The van der Waals surface area contributed by atoms with E-state index in [1.807, 2.05) is 6.07 Å². The molecule has 2 N–H and O–H groups in total. The fourth-order valence-corrected chi connectivity index (χ4v) is 3.89. The van der Waals surface area contributed by atoms with Crippen LogP contribution < -0.4 is 5.73 Å². The Kier molecular flexibility index (Phi) is 4.04. The molecule has 0 saturated carbocycles. The fourth-order valence-electron chi connectivity index (χ4n) is 2.81. The van der Waals surface area contributed by atoms with Gasteiger partial charge in [0, 0.05) is 12.5 Å². The summed E-state index contributed by atoms with van der Waals surface area (Å²) in [5.74, 6) is 0.295. The van der Waals surface area contributed by atoms with Gasteiger partial charge in [0.2, 0.25) is 0 Å². The zero-order valence-electron chi connectivity index (χ0n) is 12.5. The number of aromatic nitrogens is 1. The summed E-state index contributed by atoms with van der Waals surface area (Å²) < 4.78 is 1.24. The van der Waals surface area contributed by atoms with Crippen LogP contribution in [-0.4, -0.2) is 11.5 Å². The van der Waals surface area contributed by atoms with Crippen LogP contribution in [0.5, 0.6) is 0 Å². The van der Waals surface area contributed by atoms with Crippen LogP contribution in [0.15, 0.2) is 42.5 Å². The maximum Gasteiger partial charge on any atom is 0.0985 e. The molecule has 0 aliphatic rings. The largest absolute Gasteiger partial charge is 0.330 e. The zero-order chi connectivity index (χ0) is 14.8. The number of aryl methyl sites for hydroxylation is 2. The molecule has 0 bridgehead atoms. The second kappa shape index (κ2) is 5.96. The summed E-state index contributed by atoms with van der Waals surface area (Å²) in [4.78, 5) is 4.76. The third kappa shape index (κ3) is 3.14. The average Bonchev–Trinajstić information content (AvgIpc) is 2.87. The maximum atomic E-state index is 6.02. The summed E-state index contributed by atoms with van der Waals surface area (Å²) in [5.41, 5.74) is 11.1. The van der Waals surface area contributed by atoms with Gasteiger partial charge in [0.15, 0.2) is 0 Å². The summed E-state index contributed by atoms with van der Waals surface area (Å²) >= 11 is 1.77. The third-order valence-electron chi connectivity index (χ3n) is 3.71. The van der Waals surface area contributed by atoms with Crippen LogP contribution in [0.3, 0.4) is 0 Å². The van der Waals surface area contributed by atoms with Gasteiger partial charge in [0.1, 0.15) is 0 Å². The molecule has 2 aromatic carbocycles. The Morgan fingerprint density at radius 3 is 2.48 bits per heavy atom. The van der Waals surface area contributed by atoms with Crippen LogP contribution >= 0.6 is 11.3 Å². The van der Waals surface area contributed by atoms with Crippen LogP contribution in [0.1, 0.15) is 27.6 Å². The number of para-hydroxylation sites is 1. The van der Waals surface area contributed by atoms with E-state index in [0.717, 1.165) is 16.9 Å². The molecule has 108 valence electrons. The molecule has 3 rings (SSSR count). The number of thiazole rings is 1. The van der Waals surface area contributed by atoms with Crippen LogP contribution in [0, 0.1) is 13.8 Å². The van der Waals surface area contributed by atoms with E-state index >= 15 is 0 Å². The highest BCUT2D eigenvalue weighted by atomic mass is 32.1. The molecular weight excluding hydrogens is 276 g/mol. The maximum absolute atomic E-state index is 6.02. The minimum atomic E-state index is 0.295. The topological polar surface area (TPSA) is 38.9 Å². The molecule has 1 atom stereocenters. The van der Waals surface area contributed by atoms with Gasteiger partial charge < -0.3 is 5.73 Å². The van der Waals surface area contributed by atoms with Gasteiger partial charge in [-0.25, -0.2) is 4.98 Å². The van der Waals surface area contributed by atoms with Crippen molar-refractivity contribution in [3.63, 3.8) is 0 Å². The molecule has 0 radical (unpaired) electrons. The number of hydrogen-bond acceptors (Lipinski definition) is 3. The quantitative estimate of drug-likeness (QED) is 0.783. The minimum absolute atomic E-state index is 0.295. The Hall–Kier alpha value is -1.71. The highest BCUT2D eigenvalue weighted by Gasteiger charge is 2.16. The molecule has 21 heavy (non-hydrogen) atoms. The second-order valence-electron chi connectivity index (χ2n) is 5.65. The van der Waals surface area contributed by atoms with E-state index in [9.17, 15) is 0 Å². The Morgan fingerprint density at radius 2 is 1.81 bits per heavy atom.